The Balaban J connectivity index is 1.92. The molecule has 7 heteroatoms. The van der Waals surface area contributed by atoms with Crippen LogP contribution in [0.15, 0.2) is 18.2 Å². The largest absolute Gasteiger partial charge is 0.494 e. The Morgan fingerprint density at radius 1 is 1.09 bits per heavy atom. The Hall–Kier alpha value is -1.21. The molecule has 2 aliphatic rings. The Labute approximate surface area is 134 Å². The van der Waals surface area contributed by atoms with E-state index in [4.69, 9.17) is 14.0 Å². The second-order valence-corrected chi connectivity index (χ2v) is 7.16. The quantitative estimate of drug-likeness (QED) is 0.795. The van der Waals surface area contributed by atoms with Crippen LogP contribution in [0.1, 0.15) is 46.1 Å². The summed E-state index contributed by atoms with van der Waals surface area (Å²) in [4.78, 5) is 0. The van der Waals surface area contributed by atoms with Crippen LogP contribution in [0, 0.1) is 0 Å². The molecule has 1 aliphatic heterocycles. The molecule has 1 heterocycles. The number of ether oxygens (including phenoxy) is 1. The molecular weight excluding hydrogens is 308 g/mol. The maximum absolute atomic E-state index is 13.3. The number of hydrogen-bond acceptors (Lipinski definition) is 3. The highest BCUT2D eigenvalue weighted by Gasteiger charge is 2.52. The zero-order chi connectivity index (χ0) is 17.0. The van der Waals surface area contributed by atoms with Crippen LogP contribution >= 0.6 is 0 Å². The fourth-order valence-corrected chi connectivity index (χ4v) is 2.36. The lowest BCUT2D eigenvalue weighted by Crippen LogP contribution is -2.41. The van der Waals surface area contributed by atoms with Crippen molar-refractivity contribution in [2.45, 2.75) is 64.0 Å². The Morgan fingerprint density at radius 3 is 2.13 bits per heavy atom. The van der Waals surface area contributed by atoms with Gasteiger partial charge in [0.05, 0.1) is 22.9 Å². The third-order valence-corrected chi connectivity index (χ3v) is 4.65. The molecule has 2 fully saturated rings. The number of hydrogen-bond donors (Lipinski definition) is 0. The minimum absolute atomic E-state index is 0.0983. The van der Waals surface area contributed by atoms with Crippen LogP contribution in [0.2, 0.25) is 0 Å². The summed E-state index contributed by atoms with van der Waals surface area (Å²) in [6, 6.07) is 4.01. The molecule has 0 aromatic heterocycles. The maximum atomic E-state index is 13.3. The van der Waals surface area contributed by atoms with Gasteiger partial charge in [-0.3, -0.25) is 0 Å². The minimum atomic E-state index is -4.48. The average molecular weight is 328 g/mol. The standard InChI is InChI=1S/C16H20BF3O3/c1-14(2)15(3,4)23-17(22-14)10-5-8-13(21-11-6-7-11)12(9-10)16(18,19)20/h5,8-9,11H,6-7H2,1-4H3. The monoisotopic (exact) mass is 328 g/mol. The van der Waals surface area contributed by atoms with Gasteiger partial charge in [0.15, 0.2) is 0 Å². The molecule has 1 aromatic carbocycles. The van der Waals surface area contributed by atoms with Crippen molar-refractivity contribution >= 4 is 12.6 Å². The molecule has 126 valence electrons. The maximum Gasteiger partial charge on any atom is 0.494 e. The zero-order valence-electron chi connectivity index (χ0n) is 13.7. The molecule has 1 saturated carbocycles. The summed E-state index contributed by atoms with van der Waals surface area (Å²) < 4.78 is 57.0. The number of halogens is 3. The number of alkyl halides is 3. The van der Waals surface area contributed by atoms with Crippen LogP contribution < -0.4 is 10.2 Å². The Bertz CT molecular complexity index is 593. The highest BCUT2D eigenvalue weighted by molar-refractivity contribution is 6.62. The molecule has 0 radical (unpaired) electrons. The molecule has 0 spiro atoms. The zero-order valence-corrected chi connectivity index (χ0v) is 13.7. The van der Waals surface area contributed by atoms with E-state index in [0.717, 1.165) is 18.9 Å². The molecule has 0 unspecified atom stereocenters. The highest BCUT2D eigenvalue weighted by atomic mass is 19.4. The molecule has 0 atom stereocenters. The van der Waals surface area contributed by atoms with Gasteiger partial charge in [-0.1, -0.05) is 6.07 Å². The topological polar surface area (TPSA) is 27.7 Å². The summed E-state index contributed by atoms with van der Waals surface area (Å²) >= 11 is 0. The van der Waals surface area contributed by atoms with E-state index in [9.17, 15) is 13.2 Å². The smallest absolute Gasteiger partial charge is 0.490 e. The third kappa shape index (κ3) is 3.22. The van der Waals surface area contributed by atoms with Crippen molar-refractivity contribution in [1.29, 1.82) is 0 Å². The summed E-state index contributed by atoms with van der Waals surface area (Å²) in [6.07, 6.45) is -2.98. The van der Waals surface area contributed by atoms with Gasteiger partial charge in [0.25, 0.3) is 0 Å². The SMILES string of the molecule is CC1(C)OB(c2ccc(OC3CC3)c(C(F)(F)F)c2)OC1(C)C. The van der Waals surface area contributed by atoms with Gasteiger partial charge in [0, 0.05) is 0 Å². The van der Waals surface area contributed by atoms with Gasteiger partial charge in [0.1, 0.15) is 5.75 Å². The molecule has 3 rings (SSSR count). The van der Waals surface area contributed by atoms with Crippen LogP contribution in [-0.4, -0.2) is 24.4 Å². The first-order chi connectivity index (χ1) is 10.5. The summed E-state index contributed by atoms with van der Waals surface area (Å²) in [7, 11) is -0.823. The van der Waals surface area contributed by atoms with Gasteiger partial charge in [-0.25, -0.2) is 0 Å². The van der Waals surface area contributed by atoms with Gasteiger partial charge in [0.2, 0.25) is 0 Å². The second kappa shape index (κ2) is 5.15. The van der Waals surface area contributed by atoms with Crippen molar-refractivity contribution < 1.29 is 27.2 Å². The third-order valence-electron chi connectivity index (χ3n) is 4.65. The van der Waals surface area contributed by atoms with E-state index in [1.54, 1.807) is 6.07 Å². The molecule has 1 saturated heterocycles. The first-order valence-corrected chi connectivity index (χ1v) is 7.73. The van der Waals surface area contributed by atoms with E-state index in [0.29, 0.717) is 5.46 Å². The van der Waals surface area contributed by atoms with E-state index >= 15 is 0 Å². The van der Waals surface area contributed by atoms with Crippen molar-refractivity contribution in [3.8, 4) is 5.75 Å². The van der Waals surface area contributed by atoms with Gasteiger partial charge in [-0.2, -0.15) is 13.2 Å². The lowest BCUT2D eigenvalue weighted by atomic mass is 9.78. The molecule has 0 bridgehead atoms. The van der Waals surface area contributed by atoms with E-state index in [2.05, 4.69) is 0 Å². The van der Waals surface area contributed by atoms with Crippen LogP contribution in [0.25, 0.3) is 0 Å². The van der Waals surface area contributed by atoms with E-state index in [-0.39, 0.29) is 11.9 Å². The van der Waals surface area contributed by atoms with Crippen molar-refractivity contribution in [3.63, 3.8) is 0 Å². The first-order valence-electron chi connectivity index (χ1n) is 7.73. The van der Waals surface area contributed by atoms with Gasteiger partial charge in [-0.15, -0.1) is 0 Å². The lowest BCUT2D eigenvalue weighted by molar-refractivity contribution is -0.139. The van der Waals surface area contributed by atoms with Crippen LogP contribution in [0.3, 0.4) is 0 Å². The van der Waals surface area contributed by atoms with E-state index < -0.39 is 30.1 Å². The molecule has 1 aliphatic carbocycles. The van der Waals surface area contributed by atoms with Crippen LogP contribution in [-0.2, 0) is 15.5 Å². The van der Waals surface area contributed by atoms with Crippen LogP contribution in [0.4, 0.5) is 13.2 Å². The summed E-state index contributed by atoms with van der Waals surface area (Å²) in [5.74, 6) is -0.125. The number of benzene rings is 1. The molecule has 23 heavy (non-hydrogen) atoms. The van der Waals surface area contributed by atoms with Gasteiger partial charge in [-0.05, 0) is 58.1 Å². The van der Waals surface area contributed by atoms with Gasteiger partial charge < -0.3 is 14.0 Å². The molecule has 3 nitrogen and oxygen atoms in total. The van der Waals surface area contributed by atoms with Crippen LogP contribution in [0.5, 0.6) is 5.75 Å². The molecular formula is C16H20BF3O3. The van der Waals surface area contributed by atoms with Crippen molar-refractivity contribution in [2.75, 3.05) is 0 Å². The summed E-state index contributed by atoms with van der Waals surface area (Å²) in [5, 5.41) is 0. The average Bonchev–Trinajstić information content (AvgIpc) is 3.16. The predicted molar refractivity (Wildman–Crippen MR) is 80.8 cm³/mol. The summed E-state index contributed by atoms with van der Waals surface area (Å²) in [5.41, 5.74) is -1.63. The van der Waals surface area contributed by atoms with Crippen molar-refractivity contribution in [1.82, 2.24) is 0 Å². The summed E-state index contributed by atoms with van der Waals surface area (Å²) in [6.45, 7) is 7.45. The Morgan fingerprint density at radius 2 is 1.65 bits per heavy atom. The van der Waals surface area contributed by atoms with Gasteiger partial charge >= 0.3 is 13.3 Å². The fourth-order valence-electron chi connectivity index (χ4n) is 2.36. The fraction of sp³-hybridized carbons (Fsp3) is 0.625. The van der Waals surface area contributed by atoms with E-state index in [1.165, 1.54) is 6.07 Å². The highest BCUT2D eigenvalue weighted by Crippen LogP contribution is 2.40. The molecule has 0 N–H and O–H groups in total. The predicted octanol–water partition coefficient (Wildman–Crippen LogP) is 3.55. The first kappa shape index (κ1) is 16.6. The Kier molecular flexibility index (Phi) is 3.72. The van der Waals surface area contributed by atoms with E-state index in [1.807, 2.05) is 27.7 Å². The van der Waals surface area contributed by atoms with Crippen molar-refractivity contribution in [3.05, 3.63) is 23.8 Å². The lowest BCUT2D eigenvalue weighted by Gasteiger charge is -2.32. The second-order valence-electron chi connectivity index (χ2n) is 7.16. The number of rotatable bonds is 3. The normalized spacial score (nSPS) is 23.2. The van der Waals surface area contributed by atoms with Crippen molar-refractivity contribution in [2.24, 2.45) is 0 Å². The minimum Gasteiger partial charge on any atom is -0.490 e. The molecule has 0 amide bonds. The molecule has 1 aromatic rings.